The SMILES string of the molecule is [C-]#[N+]c1c(N2c3ccccc3Sc3ccccc32)c(C(C)(C)C)c(N2c3ccccc3Sc3ccccc32)c([N+]#[C-])c1C(C)(C)C. The molecule has 0 saturated heterocycles. The van der Waals surface area contributed by atoms with E-state index in [1.165, 1.54) is 0 Å². The summed E-state index contributed by atoms with van der Waals surface area (Å²) in [5.41, 5.74) is 7.74. The first kappa shape index (κ1) is 30.1. The Bertz CT molecular complexity index is 1890. The number of benzene rings is 5. The first-order chi connectivity index (χ1) is 22.0. The van der Waals surface area contributed by atoms with Crippen LogP contribution in [-0.2, 0) is 10.8 Å². The van der Waals surface area contributed by atoms with Crippen LogP contribution in [-0.4, -0.2) is 0 Å². The summed E-state index contributed by atoms with van der Waals surface area (Å²) in [6, 6.07) is 33.8. The molecule has 2 aliphatic heterocycles. The molecule has 2 aliphatic rings. The molecular weight excluding hydrogens is 601 g/mol. The monoisotopic (exact) mass is 634 g/mol. The van der Waals surface area contributed by atoms with Gasteiger partial charge in [-0.05, 0) is 70.5 Å². The summed E-state index contributed by atoms with van der Waals surface area (Å²) in [5, 5.41) is 0. The molecule has 46 heavy (non-hydrogen) atoms. The zero-order valence-electron chi connectivity index (χ0n) is 26.8. The Labute approximate surface area is 280 Å². The van der Waals surface area contributed by atoms with Crippen molar-refractivity contribution in [1.82, 2.24) is 0 Å². The molecule has 0 amide bonds. The quantitative estimate of drug-likeness (QED) is 0.176. The predicted molar refractivity (Wildman–Crippen MR) is 194 cm³/mol. The summed E-state index contributed by atoms with van der Waals surface area (Å²) in [6.07, 6.45) is 0. The maximum absolute atomic E-state index is 8.79. The van der Waals surface area contributed by atoms with Gasteiger partial charge in [0.15, 0.2) is 0 Å². The lowest BCUT2D eigenvalue weighted by atomic mass is 9.76. The van der Waals surface area contributed by atoms with Gasteiger partial charge < -0.3 is 9.80 Å². The van der Waals surface area contributed by atoms with Crippen molar-refractivity contribution in [2.45, 2.75) is 72.0 Å². The first-order valence-corrected chi connectivity index (χ1v) is 17.0. The average Bonchev–Trinajstić information content (AvgIpc) is 3.04. The van der Waals surface area contributed by atoms with Crippen LogP contribution in [0.5, 0.6) is 0 Å². The van der Waals surface area contributed by atoms with Gasteiger partial charge in [0.05, 0.1) is 47.3 Å². The lowest BCUT2D eigenvalue weighted by Gasteiger charge is -2.43. The van der Waals surface area contributed by atoms with E-state index in [-0.39, 0.29) is 0 Å². The number of hydrogen-bond acceptors (Lipinski definition) is 4. The van der Waals surface area contributed by atoms with Gasteiger partial charge in [0.2, 0.25) is 11.4 Å². The maximum atomic E-state index is 8.79. The van der Waals surface area contributed by atoms with Crippen LogP contribution in [0.3, 0.4) is 0 Å². The van der Waals surface area contributed by atoms with E-state index in [0.717, 1.165) is 64.8 Å². The Morgan fingerprint density at radius 3 is 1.00 bits per heavy atom. The number of anilines is 6. The standard InChI is InChI=1S/C40H34N4S2/c1-39(2,3)33-35(41-7)37(43-25-17-9-13-21-29(25)45-30-22-14-10-18-26(30)43)34(40(4,5)6)38(36(33)42-8)44-27-19-11-15-23-31(27)46-32-24-16-12-20-28(32)44/h9-24H,1-6H3. The summed E-state index contributed by atoms with van der Waals surface area (Å²) < 4.78 is 0. The summed E-state index contributed by atoms with van der Waals surface area (Å²) >= 11 is 3.52. The summed E-state index contributed by atoms with van der Waals surface area (Å²) in [5.74, 6) is 0. The molecule has 0 spiro atoms. The van der Waals surface area contributed by atoms with Crippen LogP contribution in [0.4, 0.5) is 45.5 Å². The van der Waals surface area contributed by atoms with E-state index in [0.29, 0.717) is 11.4 Å². The van der Waals surface area contributed by atoms with E-state index < -0.39 is 10.8 Å². The first-order valence-electron chi connectivity index (χ1n) is 15.4. The molecule has 0 radical (unpaired) electrons. The van der Waals surface area contributed by atoms with Crippen molar-refractivity contribution in [3.63, 3.8) is 0 Å². The van der Waals surface area contributed by atoms with Gasteiger partial charge in [-0.1, -0.05) is 114 Å². The summed E-state index contributed by atoms with van der Waals surface area (Å²) in [6.45, 7) is 30.6. The van der Waals surface area contributed by atoms with Crippen LogP contribution in [0, 0.1) is 13.1 Å². The highest BCUT2D eigenvalue weighted by molar-refractivity contribution is 8.00. The average molecular weight is 635 g/mol. The second kappa shape index (κ2) is 11.0. The van der Waals surface area contributed by atoms with Crippen molar-refractivity contribution in [1.29, 1.82) is 0 Å². The molecule has 0 unspecified atom stereocenters. The van der Waals surface area contributed by atoms with Gasteiger partial charge in [-0.25, -0.2) is 9.69 Å². The van der Waals surface area contributed by atoms with Gasteiger partial charge in [-0.15, -0.1) is 0 Å². The molecule has 5 aromatic rings. The lowest BCUT2D eigenvalue weighted by molar-refractivity contribution is 0.582. The molecule has 0 saturated carbocycles. The molecule has 7 rings (SSSR count). The third-order valence-corrected chi connectivity index (χ3v) is 10.7. The molecule has 226 valence electrons. The molecule has 5 aromatic carbocycles. The maximum Gasteiger partial charge on any atom is 0.204 e. The molecule has 6 heteroatoms. The third-order valence-electron chi connectivity index (χ3n) is 8.43. The van der Waals surface area contributed by atoms with Gasteiger partial charge in [0, 0.05) is 19.6 Å². The fourth-order valence-electron chi connectivity index (χ4n) is 6.66. The Hall–Kier alpha value is -4.62. The molecule has 0 N–H and O–H groups in total. The minimum atomic E-state index is -0.493. The van der Waals surface area contributed by atoms with Crippen LogP contribution in [0.15, 0.2) is 117 Å². The van der Waals surface area contributed by atoms with Crippen molar-refractivity contribution in [3.8, 4) is 0 Å². The number of fused-ring (bicyclic) bond motifs is 4. The zero-order valence-corrected chi connectivity index (χ0v) is 28.5. The van der Waals surface area contributed by atoms with Crippen LogP contribution >= 0.6 is 23.5 Å². The van der Waals surface area contributed by atoms with Crippen molar-refractivity contribution in [3.05, 3.63) is 131 Å². The van der Waals surface area contributed by atoms with E-state index in [1.807, 2.05) is 0 Å². The molecule has 0 aromatic heterocycles. The Morgan fingerprint density at radius 1 is 0.457 bits per heavy atom. The molecular formula is C40H34N4S2. The fourth-order valence-corrected chi connectivity index (χ4v) is 8.78. The topological polar surface area (TPSA) is 15.2 Å². The molecule has 0 atom stereocenters. The highest BCUT2D eigenvalue weighted by atomic mass is 32.2. The van der Waals surface area contributed by atoms with E-state index >= 15 is 0 Å². The molecule has 4 nitrogen and oxygen atoms in total. The van der Waals surface area contributed by atoms with E-state index in [1.54, 1.807) is 23.5 Å². The lowest BCUT2D eigenvalue weighted by Crippen LogP contribution is -2.27. The second-order valence-corrected chi connectivity index (χ2v) is 15.8. The van der Waals surface area contributed by atoms with Crippen LogP contribution in [0.2, 0.25) is 0 Å². The minimum absolute atomic E-state index is 0.455. The zero-order chi connectivity index (χ0) is 32.4. The summed E-state index contributed by atoms with van der Waals surface area (Å²) in [7, 11) is 0. The number of hydrogen-bond donors (Lipinski definition) is 0. The Balaban J connectivity index is 1.73. The Morgan fingerprint density at radius 2 is 0.739 bits per heavy atom. The van der Waals surface area contributed by atoms with Gasteiger partial charge in [-0.2, -0.15) is 0 Å². The summed E-state index contributed by atoms with van der Waals surface area (Å²) in [4.78, 5) is 17.8. The number of para-hydroxylation sites is 4. The Kier molecular flexibility index (Phi) is 7.20. The van der Waals surface area contributed by atoms with Crippen molar-refractivity contribution < 1.29 is 0 Å². The highest BCUT2D eigenvalue weighted by Gasteiger charge is 2.41. The smallest absolute Gasteiger partial charge is 0.204 e. The van der Waals surface area contributed by atoms with Gasteiger partial charge in [0.25, 0.3) is 0 Å². The van der Waals surface area contributed by atoms with E-state index in [4.69, 9.17) is 13.1 Å². The fraction of sp³-hybridized carbons (Fsp3) is 0.200. The van der Waals surface area contributed by atoms with Gasteiger partial charge in [0.1, 0.15) is 0 Å². The highest BCUT2D eigenvalue weighted by Crippen LogP contribution is 2.64. The van der Waals surface area contributed by atoms with Crippen LogP contribution in [0.25, 0.3) is 9.69 Å². The van der Waals surface area contributed by atoms with Gasteiger partial charge in [-0.3, -0.25) is 0 Å². The molecule has 0 aliphatic carbocycles. The van der Waals surface area contributed by atoms with E-state index in [9.17, 15) is 0 Å². The van der Waals surface area contributed by atoms with Crippen molar-refractivity contribution >= 4 is 69.0 Å². The molecule has 0 bridgehead atoms. The van der Waals surface area contributed by atoms with Crippen molar-refractivity contribution in [2.24, 2.45) is 0 Å². The largest absolute Gasteiger partial charge is 0.318 e. The molecule has 2 heterocycles. The van der Waals surface area contributed by atoms with Crippen LogP contribution < -0.4 is 9.80 Å². The molecule has 0 fully saturated rings. The number of nitrogens with zero attached hydrogens (tertiary/aromatic N) is 4. The second-order valence-electron chi connectivity index (χ2n) is 13.6. The minimum Gasteiger partial charge on any atom is -0.318 e. The third kappa shape index (κ3) is 4.68. The van der Waals surface area contributed by atoms with E-state index in [2.05, 4.69) is 158 Å². The van der Waals surface area contributed by atoms with Gasteiger partial charge >= 0.3 is 0 Å². The number of rotatable bonds is 2. The van der Waals surface area contributed by atoms with Crippen molar-refractivity contribution in [2.75, 3.05) is 9.80 Å². The van der Waals surface area contributed by atoms with Crippen LogP contribution in [0.1, 0.15) is 52.7 Å². The normalized spacial score (nSPS) is 13.6. The predicted octanol–water partition coefficient (Wildman–Crippen LogP) is 13.3.